The maximum atomic E-state index is 11.4. The predicted molar refractivity (Wildman–Crippen MR) is 70.3 cm³/mol. The molecule has 0 aliphatic heterocycles. The van der Waals surface area contributed by atoms with Crippen molar-refractivity contribution in [2.45, 2.75) is 18.9 Å². The predicted octanol–water partition coefficient (Wildman–Crippen LogP) is 1.18. The number of nitrogens with two attached hydrogens (primary N) is 1. The molecule has 0 heterocycles. The lowest BCUT2D eigenvalue weighted by molar-refractivity contribution is -0.129. The maximum Gasteiger partial charge on any atom is 0.222 e. The van der Waals surface area contributed by atoms with Crippen LogP contribution >= 0.6 is 0 Å². The van der Waals surface area contributed by atoms with Crippen LogP contribution in [-0.2, 0) is 4.79 Å². The van der Waals surface area contributed by atoms with E-state index in [1.54, 1.807) is 32.3 Å². The van der Waals surface area contributed by atoms with Crippen molar-refractivity contribution in [2.24, 2.45) is 0 Å². The van der Waals surface area contributed by atoms with Crippen molar-refractivity contribution in [1.29, 1.82) is 0 Å². The minimum Gasteiger partial charge on any atom is -0.495 e. The third-order valence-electron chi connectivity index (χ3n) is 2.77. The van der Waals surface area contributed by atoms with Crippen LogP contribution in [0.15, 0.2) is 18.2 Å². The van der Waals surface area contributed by atoms with Gasteiger partial charge in [-0.3, -0.25) is 4.79 Å². The number of benzene rings is 1. The molecule has 18 heavy (non-hydrogen) atoms. The van der Waals surface area contributed by atoms with Crippen LogP contribution in [0.3, 0.4) is 0 Å². The second kappa shape index (κ2) is 6.26. The summed E-state index contributed by atoms with van der Waals surface area (Å²) in [6, 6.07) is 5.13. The standard InChI is InChI=1S/C13H20N2O3/c1-15(2)13(17)7-5-11(16)9-4-6-12(18-3)10(14)8-9/h4,6,8,11,16H,5,7,14H2,1-3H3. The molecule has 5 heteroatoms. The van der Waals surface area contributed by atoms with E-state index in [1.807, 2.05) is 0 Å². The quantitative estimate of drug-likeness (QED) is 0.772. The number of aliphatic hydroxyl groups is 1. The lowest BCUT2D eigenvalue weighted by Crippen LogP contribution is -2.21. The van der Waals surface area contributed by atoms with Gasteiger partial charge in [0.25, 0.3) is 0 Å². The van der Waals surface area contributed by atoms with Gasteiger partial charge < -0.3 is 20.5 Å². The molecule has 0 fully saturated rings. The van der Waals surface area contributed by atoms with Crippen LogP contribution in [-0.4, -0.2) is 37.1 Å². The zero-order valence-electron chi connectivity index (χ0n) is 11.0. The van der Waals surface area contributed by atoms with Crippen molar-refractivity contribution in [3.05, 3.63) is 23.8 Å². The summed E-state index contributed by atoms with van der Waals surface area (Å²) in [6.07, 6.45) is -0.00908. The summed E-state index contributed by atoms with van der Waals surface area (Å²) in [5.74, 6) is 0.575. The van der Waals surface area contributed by atoms with E-state index >= 15 is 0 Å². The van der Waals surface area contributed by atoms with E-state index in [-0.39, 0.29) is 5.91 Å². The molecule has 0 bridgehead atoms. The summed E-state index contributed by atoms with van der Waals surface area (Å²) < 4.78 is 5.04. The number of methoxy groups -OCH3 is 1. The van der Waals surface area contributed by atoms with Gasteiger partial charge in [0.15, 0.2) is 0 Å². The minimum absolute atomic E-state index is 0.00414. The maximum absolute atomic E-state index is 11.4. The number of carbonyl (C=O) groups excluding carboxylic acids is 1. The van der Waals surface area contributed by atoms with Crippen LogP contribution in [0.1, 0.15) is 24.5 Å². The van der Waals surface area contributed by atoms with E-state index in [0.717, 1.165) is 0 Å². The van der Waals surface area contributed by atoms with E-state index < -0.39 is 6.10 Å². The first-order valence-electron chi connectivity index (χ1n) is 5.77. The molecule has 1 unspecified atom stereocenters. The smallest absolute Gasteiger partial charge is 0.222 e. The number of rotatable bonds is 5. The summed E-state index contributed by atoms with van der Waals surface area (Å²) in [6.45, 7) is 0. The molecular weight excluding hydrogens is 232 g/mol. The fraction of sp³-hybridized carbons (Fsp3) is 0.462. The van der Waals surface area contributed by atoms with Gasteiger partial charge in [0, 0.05) is 20.5 Å². The molecule has 0 spiro atoms. The zero-order chi connectivity index (χ0) is 13.7. The minimum atomic E-state index is -0.692. The average Bonchev–Trinajstić information content (AvgIpc) is 2.35. The second-order valence-corrected chi connectivity index (χ2v) is 4.34. The van der Waals surface area contributed by atoms with Gasteiger partial charge in [0.1, 0.15) is 5.75 Å². The van der Waals surface area contributed by atoms with Crippen molar-refractivity contribution in [3.8, 4) is 5.75 Å². The largest absolute Gasteiger partial charge is 0.495 e. The highest BCUT2D eigenvalue weighted by molar-refractivity contribution is 5.75. The van der Waals surface area contributed by atoms with Gasteiger partial charge in [0.05, 0.1) is 18.9 Å². The van der Waals surface area contributed by atoms with Crippen LogP contribution in [0.25, 0.3) is 0 Å². The highest BCUT2D eigenvalue weighted by Gasteiger charge is 2.13. The van der Waals surface area contributed by atoms with Gasteiger partial charge >= 0.3 is 0 Å². The molecule has 1 aromatic carbocycles. The zero-order valence-corrected chi connectivity index (χ0v) is 11.0. The molecule has 0 saturated heterocycles. The van der Waals surface area contributed by atoms with Crippen molar-refractivity contribution in [1.82, 2.24) is 4.90 Å². The molecule has 0 aliphatic carbocycles. The molecule has 1 amide bonds. The van der Waals surface area contributed by atoms with Crippen LogP contribution in [0.2, 0.25) is 0 Å². The van der Waals surface area contributed by atoms with E-state index in [0.29, 0.717) is 29.8 Å². The molecule has 0 radical (unpaired) electrons. The molecule has 0 aromatic heterocycles. The van der Waals surface area contributed by atoms with Crippen molar-refractivity contribution in [2.75, 3.05) is 26.9 Å². The molecule has 3 N–H and O–H groups in total. The lowest BCUT2D eigenvalue weighted by Gasteiger charge is -2.15. The number of aliphatic hydroxyl groups excluding tert-OH is 1. The van der Waals surface area contributed by atoms with E-state index in [9.17, 15) is 9.90 Å². The number of ether oxygens (including phenoxy) is 1. The molecule has 1 aromatic rings. The number of anilines is 1. The van der Waals surface area contributed by atoms with Crippen molar-refractivity contribution in [3.63, 3.8) is 0 Å². The highest BCUT2D eigenvalue weighted by atomic mass is 16.5. The van der Waals surface area contributed by atoms with Crippen LogP contribution in [0.4, 0.5) is 5.69 Å². The lowest BCUT2D eigenvalue weighted by atomic mass is 10.0. The van der Waals surface area contributed by atoms with Crippen molar-refractivity contribution < 1.29 is 14.6 Å². The van der Waals surface area contributed by atoms with Gasteiger partial charge in [-0.1, -0.05) is 6.07 Å². The Morgan fingerprint density at radius 2 is 2.17 bits per heavy atom. The third kappa shape index (κ3) is 3.63. The Balaban J connectivity index is 2.64. The summed E-state index contributed by atoms with van der Waals surface area (Å²) in [4.78, 5) is 12.9. The number of nitrogens with zero attached hydrogens (tertiary/aromatic N) is 1. The summed E-state index contributed by atoms with van der Waals surface area (Å²) >= 11 is 0. The molecule has 1 atom stereocenters. The summed E-state index contributed by atoms with van der Waals surface area (Å²) in [7, 11) is 4.93. The van der Waals surface area contributed by atoms with Gasteiger partial charge in [0.2, 0.25) is 5.91 Å². The van der Waals surface area contributed by atoms with Crippen LogP contribution in [0.5, 0.6) is 5.75 Å². The summed E-state index contributed by atoms with van der Waals surface area (Å²) in [5, 5.41) is 9.97. The Morgan fingerprint density at radius 1 is 1.50 bits per heavy atom. The first-order valence-corrected chi connectivity index (χ1v) is 5.77. The first-order chi connectivity index (χ1) is 8.45. The Labute approximate surface area is 107 Å². The highest BCUT2D eigenvalue weighted by Crippen LogP contribution is 2.27. The van der Waals surface area contributed by atoms with Crippen LogP contribution < -0.4 is 10.5 Å². The summed E-state index contributed by atoms with van der Waals surface area (Å²) in [5.41, 5.74) is 6.94. The molecule has 0 saturated carbocycles. The Bertz CT molecular complexity index is 419. The Morgan fingerprint density at radius 3 is 2.67 bits per heavy atom. The van der Waals surface area contributed by atoms with Crippen LogP contribution in [0, 0.1) is 0 Å². The molecule has 100 valence electrons. The Kier molecular flexibility index (Phi) is 4.97. The SMILES string of the molecule is COc1ccc(C(O)CCC(=O)N(C)C)cc1N. The van der Waals surface area contributed by atoms with E-state index in [2.05, 4.69) is 0 Å². The fourth-order valence-corrected chi connectivity index (χ4v) is 1.61. The number of hydrogen-bond donors (Lipinski definition) is 2. The number of nitrogen functional groups attached to an aromatic ring is 1. The van der Waals surface area contributed by atoms with Gasteiger partial charge in [-0.05, 0) is 24.1 Å². The van der Waals surface area contributed by atoms with Gasteiger partial charge in [-0.25, -0.2) is 0 Å². The van der Waals surface area contributed by atoms with E-state index in [4.69, 9.17) is 10.5 Å². The van der Waals surface area contributed by atoms with Gasteiger partial charge in [-0.15, -0.1) is 0 Å². The monoisotopic (exact) mass is 252 g/mol. The third-order valence-corrected chi connectivity index (χ3v) is 2.77. The van der Waals surface area contributed by atoms with E-state index in [1.165, 1.54) is 12.0 Å². The average molecular weight is 252 g/mol. The number of amides is 1. The molecule has 0 aliphatic rings. The molecule has 5 nitrogen and oxygen atoms in total. The first kappa shape index (κ1) is 14.3. The topological polar surface area (TPSA) is 75.8 Å². The second-order valence-electron chi connectivity index (χ2n) is 4.34. The molecular formula is C13H20N2O3. The number of carbonyl (C=O) groups is 1. The Hall–Kier alpha value is -1.75. The fourth-order valence-electron chi connectivity index (χ4n) is 1.61. The number of hydrogen-bond acceptors (Lipinski definition) is 4. The van der Waals surface area contributed by atoms with Crippen molar-refractivity contribution >= 4 is 11.6 Å². The molecule has 1 rings (SSSR count). The normalized spacial score (nSPS) is 12.0. The van der Waals surface area contributed by atoms with Gasteiger partial charge in [-0.2, -0.15) is 0 Å².